The van der Waals surface area contributed by atoms with Gasteiger partial charge in [0.25, 0.3) is 0 Å². The molecule has 1 aromatic rings. The van der Waals surface area contributed by atoms with E-state index in [0.29, 0.717) is 12.0 Å². The van der Waals surface area contributed by atoms with Gasteiger partial charge in [-0.15, -0.1) is 0 Å². The fourth-order valence-corrected chi connectivity index (χ4v) is 2.66. The molecule has 5 nitrogen and oxygen atoms in total. The highest BCUT2D eigenvalue weighted by atomic mass is 15.3. The van der Waals surface area contributed by atoms with Crippen molar-refractivity contribution in [1.82, 2.24) is 20.2 Å². The highest BCUT2D eigenvalue weighted by Crippen LogP contribution is 2.23. The van der Waals surface area contributed by atoms with Crippen LogP contribution in [0.15, 0.2) is 12.4 Å². The first-order valence-corrected chi connectivity index (χ1v) is 7.04. The molecule has 2 unspecified atom stereocenters. The molecule has 0 radical (unpaired) electrons. The molecule has 1 aromatic heterocycles. The van der Waals surface area contributed by atoms with Gasteiger partial charge in [0.15, 0.2) is 0 Å². The topological polar surface area (TPSA) is 44.3 Å². The van der Waals surface area contributed by atoms with Crippen LogP contribution in [0, 0.1) is 5.92 Å². The highest BCUT2D eigenvalue weighted by Gasteiger charge is 2.31. The van der Waals surface area contributed by atoms with Crippen LogP contribution < -0.4 is 10.2 Å². The molecule has 5 heteroatoms. The molecule has 0 aromatic carbocycles. The normalized spacial score (nSPS) is 23.3. The Morgan fingerprint density at radius 1 is 1.32 bits per heavy atom. The van der Waals surface area contributed by atoms with E-state index in [4.69, 9.17) is 0 Å². The molecule has 0 spiro atoms. The summed E-state index contributed by atoms with van der Waals surface area (Å²) >= 11 is 0. The van der Waals surface area contributed by atoms with Crippen molar-refractivity contribution in [3.8, 4) is 0 Å². The van der Waals surface area contributed by atoms with Gasteiger partial charge in [-0.2, -0.15) is 0 Å². The second-order valence-electron chi connectivity index (χ2n) is 5.56. The van der Waals surface area contributed by atoms with Gasteiger partial charge in [-0.05, 0) is 26.6 Å². The van der Waals surface area contributed by atoms with Crippen molar-refractivity contribution in [1.29, 1.82) is 0 Å². The first-order valence-electron chi connectivity index (χ1n) is 7.04. The lowest BCUT2D eigenvalue weighted by atomic mass is 10.1. The van der Waals surface area contributed by atoms with Crippen LogP contribution in [0.25, 0.3) is 0 Å². The summed E-state index contributed by atoms with van der Waals surface area (Å²) < 4.78 is 0. The van der Waals surface area contributed by atoms with Crippen molar-refractivity contribution in [2.24, 2.45) is 5.92 Å². The Bertz CT molecular complexity index is 389. The summed E-state index contributed by atoms with van der Waals surface area (Å²) in [6.45, 7) is 8.24. The van der Waals surface area contributed by atoms with E-state index in [9.17, 15) is 0 Å². The van der Waals surface area contributed by atoms with Gasteiger partial charge in [-0.25, -0.2) is 4.98 Å². The molecule has 1 aliphatic rings. The van der Waals surface area contributed by atoms with E-state index in [1.807, 2.05) is 12.4 Å². The number of nitrogens with zero attached hydrogens (tertiary/aromatic N) is 4. The maximum Gasteiger partial charge on any atom is 0.147 e. The molecule has 0 aliphatic carbocycles. The fourth-order valence-electron chi connectivity index (χ4n) is 2.66. The average Bonchev–Trinajstić information content (AvgIpc) is 2.79. The van der Waals surface area contributed by atoms with Gasteiger partial charge in [-0.3, -0.25) is 4.98 Å². The summed E-state index contributed by atoms with van der Waals surface area (Å²) in [5.41, 5.74) is 1.00. The molecule has 1 N–H and O–H groups in total. The minimum absolute atomic E-state index is 0.600. The van der Waals surface area contributed by atoms with Crippen LogP contribution in [0.1, 0.15) is 19.5 Å². The molecule has 2 heterocycles. The Labute approximate surface area is 116 Å². The monoisotopic (exact) mass is 263 g/mol. The Morgan fingerprint density at radius 3 is 2.63 bits per heavy atom. The molecule has 1 fully saturated rings. The zero-order chi connectivity index (χ0) is 13.8. The third kappa shape index (κ3) is 3.42. The smallest absolute Gasteiger partial charge is 0.147 e. The predicted molar refractivity (Wildman–Crippen MR) is 78.3 cm³/mol. The fraction of sp³-hybridized carbons (Fsp3) is 0.714. The van der Waals surface area contributed by atoms with E-state index >= 15 is 0 Å². The maximum atomic E-state index is 4.55. The number of rotatable bonds is 5. The van der Waals surface area contributed by atoms with Crippen molar-refractivity contribution in [3.63, 3.8) is 0 Å². The second-order valence-corrected chi connectivity index (χ2v) is 5.56. The standard InChI is InChI=1S/C14H25N5/c1-5-15-6-12-7-17-14(8-16-12)19-9-11(2)13(10-19)18(3)4/h7-8,11,13,15H,5-6,9-10H2,1-4H3. The summed E-state index contributed by atoms with van der Waals surface area (Å²) in [6, 6.07) is 0.600. The minimum atomic E-state index is 0.600. The predicted octanol–water partition coefficient (Wildman–Crippen LogP) is 0.972. The summed E-state index contributed by atoms with van der Waals surface area (Å²) in [5, 5.41) is 3.26. The average molecular weight is 263 g/mol. The lowest BCUT2D eigenvalue weighted by Crippen LogP contribution is -2.34. The van der Waals surface area contributed by atoms with Crippen molar-refractivity contribution >= 4 is 5.82 Å². The molecule has 1 aliphatic heterocycles. The first kappa shape index (κ1) is 14.2. The van der Waals surface area contributed by atoms with E-state index in [1.54, 1.807) is 0 Å². The van der Waals surface area contributed by atoms with Crippen LogP contribution in [0.2, 0.25) is 0 Å². The summed E-state index contributed by atoms with van der Waals surface area (Å²) in [6.07, 6.45) is 3.78. The highest BCUT2D eigenvalue weighted by molar-refractivity contribution is 5.38. The Balaban J connectivity index is 1.99. The lowest BCUT2D eigenvalue weighted by Gasteiger charge is -2.22. The Kier molecular flexibility index (Phi) is 4.71. The van der Waals surface area contributed by atoms with Gasteiger partial charge in [0.2, 0.25) is 0 Å². The van der Waals surface area contributed by atoms with Crippen molar-refractivity contribution in [2.75, 3.05) is 38.6 Å². The molecule has 2 rings (SSSR count). The Hall–Kier alpha value is -1.20. The van der Waals surface area contributed by atoms with E-state index < -0.39 is 0 Å². The van der Waals surface area contributed by atoms with Crippen LogP contribution in [-0.4, -0.2) is 54.6 Å². The van der Waals surface area contributed by atoms with Gasteiger partial charge in [0.1, 0.15) is 5.82 Å². The first-order chi connectivity index (χ1) is 9.11. The van der Waals surface area contributed by atoms with E-state index in [1.165, 1.54) is 0 Å². The number of hydrogen-bond donors (Lipinski definition) is 1. The third-order valence-electron chi connectivity index (χ3n) is 3.81. The van der Waals surface area contributed by atoms with Crippen molar-refractivity contribution < 1.29 is 0 Å². The van der Waals surface area contributed by atoms with E-state index in [-0.39, 0.29) is 0 Å². The molecule has 1 saturated heterocycles. The number of anilines is 1. The van der Waals surface area contributed by atoms with Gasteiger partial charge < -0.3 is 15.1 Å². The number of hydrogen-bond acceptors (Lipinski definition) is 5. The van der Waals surface area contributed by atoms with Crippen molar-refractivity contribution in [3.05, 3.63) is 18.1 Å². The quantitative estimate of drug-likeness (QED) is 0.857. The van der Waals surface area contributed by atoms with Gasteiger partial charge in [0, 0.05) is 25.7 Å². The zero-order valence-electron chi connectivity index (χ0n) is 12.4. The largest absolute Gasteiger partial charge is 0.353 e. The number of likely N-dealkylation sites (N-methyl/N-ethyl adjacent to an activating group) is 1. The van der Waals surface area contributed by atoms with Crippen LogP contribution >= 0.6 is 0 Å². The second kappa shape index (κ2) is 6.30. The molecular formula is C14H25N5. The summed E-state index contributed by atoms with van der Waals surface area (Å²) in [5.74, 6) is 1.66. The van der Waals surface area contributed by atoms with Gasteiger partial charge >= 0.3 is 0 Å². The minimum Gasteiger partial charge on any atom is -0.353 e. The zero-order valence-corrected chi connectivity index (χ0v) is 12.4. The number of aromatic nitrogens is 2. The van der Waals surface area contributed by atoms with Crippen molar-refractivity contribution in [2.45, 2.75) is 26.4 Å². The van der Waals surface area contributed by atoms with E-state index in [2.05, 4.69) is 53.0 Å². The van der Waals surface area contributed by atoms with Gasteiger partial charge in [0.05, 0.1) is 18.1 Å². The molecule has 0 amide bonds. The maximum absolute atomic E-state index is 4.55. The summed E-state index contributed by atoms with van der Waals surface area (Å²) in [4.78, 5) is 13.7. The molecule has 19 heavy (non-hydrogen) atoms. The number of nitrogens with one attached hydrogen (secondary N) is 1. The third-order valence-corrected chi connectivity index (χ3v) is 3.81. The molecule has 2 atom stereocenters. The van der Waals surface area contributed by atoms with Crippen LogP contribution in [0.5, 0.6) is 0 Å². The molecular weight excluding hydrogens is 238 g/mol. The van der Waals surface area contributed by atoms with Gasteiger partial charge in [-0.1, -0.05) is 13.8 Å². The van der Waals surface area contributed by atoms with Crippen LogP contribution in [0.4, 0.5) is 5.82 Å². The molecule has 106 valence electrons. The lowest BCUT2D eigenvalue weighted by molar-refractivity contribution is 0.266. The van der Waals surface area contributed by atoms with E-state index in [0.717, 1.165) is 37.7 Å². The Morgan fingerprint density at radius 2 is 2.11 bits per heavy atom. The van der Waals surface area contributed by atoms with Crippen LogP contribution in [-0.2, 0) is 6.54 Å². The molecule has 0 saturated carbocycles. The molecule has 0 bridgehead atoms. The van der Waals surface area contributed by atoms with Crippen LogP contribution in [0.3, 0.4) is 0 Å². The summed E-state index contributed by atoms with van der Waals surface area (Å²) in [7, 11) is 4.30. The SMILES string of the molecule is CCNCc1cnc(N2CC(C)C(N(C)C)C2)cn1.